The van der Waals surface area contributed by atoms with Gasteiger partial charge in [-0.05, 0) is 20.3 Å². The van der Waals surface area contributed by atoms with Gasteiger partial charge < -0.3 is 9.47 Å². The Morgan fingerprint density at radius 1 is 1.69 bits per heavy atom. The lowest BCUT2D eigenvalue weighted by Gasteiger charge is -2.11. The average Bonchev–Trinajstić information content (AvgIpc) is 2.67. The zero-order valence-corrected chi connectivity index (χ0v) is 7.70. The number of cyclic esters (lactones) is 1. The number of rotatable bonds is 2. The van der Waals surface area contributed by atoms with Crippen LogP contribution in [0.4, 0.5) is 0 Å². The quantitative estimate of drug-likeness (QED) is 0.463. The molecule has 1 aliphatic carbocycles. The fourth-order valence-electron chi connectivity index (χ4n) is 1.74. The molecule has 0 bridgehead atoms. The van der Waals surface area contributed by atoms with Gasteiger partial charge >= 0.3 is 11.9 Å². The van der Waals surface area contributed by atoms with Gasteiger partial charge in [0.15, 0.2) is 5.41 Å². The van der Waals surface area contributed by atoms with E-state index in [1.54, 1.807) is 13.8 Å². The second-order valence-corrected chi connectivity index (χ2v) is 3.92. The fourth-order valence-corrected chi connectivity index (χ4v) is 1.74. The van der Waals surface area contributed by atoms with Crippen LogP contribution in [-0.2, 0) is 19.1 Å². The molecule has 0 amide bonds. The molecule has 0 aromatic heterocycles. The van der Waals surface area contributed by atoms with E-state index in [0.29, 0.717) is 13.0 Å². The van der Waals surface area contributed by atoms with Crippen molar-refractivity contribution in [3.63, 3.8) is 0 Å². The van der Waals surface area contributed by atoms with Crippen LogP contribution in [0.1, 0.15) is 20.3 Å². The van der Waals surface area contributed by atoms with E-state index in [9.17, 15) is 9.59 Å². The van der Waals surface area contributed by atoms with E-state index in [0.717, 1.165) is 0 Å². The van der Waals surface area contributed by atoms with Crippen LogP contribution in [-0.4, -0.2) is 24.6 Å². The minimum absolute atomic E-state index is 0.0752. The van der Waals surface area contributed by atoms with Crippen molar-refractivity contribution in [2.75, 3.05) is 6.61 Å². The first-order chi connectivity index (χ1) is 6.07. The van der Waals surface area contributed by atoms with Gasteiger partial charge in [0.25, 0.3) is 0 Å². The third-order valence-corrected chi connectivity index (χ3v) is 2.59. The second kappa shape index (κ2) is 2.47. The summed E-state index contributed by atoms with van der Waals surface area (Å²) in [6, 6.07) is 0. The first-order valence-electron chi connectivity index (χ1n) is 4.45. The van der Waals surface area contributed by atoms with Crippen LogP contribution in [0.5, 0.6) is 0 Å². The number of fused-ring (bicyclic) bond motifs is 1. The zero-order chi connectivity index (χ0) is 9.64. The molecule has 2 fully saturated rings. The Bertz CT molecular complexity index is 271. The van der Waals surface area contributed by atoms with Crippen molar-refractivity contribution in [3.05, 3.63) is 0 Å². The molecule has 1 saturated carbocycles. The van der Waals surface area contributed by atoms with Gasteiger partial charge in [-0.25, -0.2) is 0 Å². The molecule has 2 rings (SSSR count). The summed E-state index contributed by atoms with van der Waals surface area (Å²) in [5.74, 6) is -0.732. The Kier molecular flexibility index (Phi) is 1.62. The highest BCUT2D eigenvalue weighted by Crippen LogP contribution is 2.58. The SMILES string of the molecule is CC(C)OC(=O)C12CC1COC2=O. The average molecular weight is 184 g/mol. The second-order valence-electron chi connectivity index (χ2n) is 3.92. The molecule has 0 aromatic carbocycles. The van der Waals surface area contributed by atoms with E-state index in [1.165, 1.54) is 0 Å². The molecule has 0 spiro atoms. The zero-order valence-electron chi connectivity index (χ0n) is 7.70. The van der Waals surface area contributed by atoms with Crippen molar-refractivity contribution in [3.8, 4) is 0 Å². The molecule has 2 unspecified atom stereocenters. The van der Waals surface area contributed by atoms with Crippen molar-refractivity contribution in [1.29, 1.82) is 0 Å². The first kappa shape index (κ1) is 8.53. The summed E-state index contributed by atoms with van der Waals surface area (Å²) in [5.41, 5.74) is -0.912. The highest BCUT2D eigenvalue weighted by molar-refractivity contribution is 6.05. The Hall–Kier alpha value is -1.06. The topological polar surface area (TPSA) is 52.6 Å². The van der Waals surface area contributed by atoms with Gasteiger partial charge in [-0.15, -0.1) is 0 Å². The van der Waals surface area contributed by atoms with E-state index in [-0.39, 0.29) is 12.0 Å². The monoisotopic (exact) mass is 184 g/mol. The number of hydrogen-bond acceptors (Lipinski definition) is 4. The van der Waals surface area contributed by atoms with Gasteiger partial charge in [0, 0.05) is 5.92 Å². The molecule has 1 aliphatic heterocycles. The summed E-state index contributed by atoms with van der Waals surface area (Å²) in [5, 5.41) is 0. The standard InChI is InChI=1S/C9H12O4/c1-5(2)13-8(11)9-3-6(9)4-12-7(9)10/h5-6H,3-4H2,1-2H3. The Morgan fingerprint density at radius 3 is 2.77 bits per heavy atom. The van der Waals surface area contributed by atoms with Crippen molar-refractivity contribution in [2.24, 2.45) is 11.3 Å². The molecule has 72 valence electrons. The van der Waals surface area contributed by atoms with Crippen molar-refractivity contribution in [1.82, 2.24) is 0 Å². The maximum Gasteiger partial charge on any atom is 0.324 e. The maximum absolute atomic E-state index is 11.5. The Morgan fingerprint density at radius 2 is 2.38 bits per heavy atom. The smallest absolute Gasteiger partial charge is 0.324 e. The largest absolute Gasteiger partial charge is 0.464 e. The third kappa shape index (κ3) is 1.04. The molecule has 2 atom stereocenters. The summed E-state index contributed by atoms with van der Waals surface area (Å²) in [4.78, 5) is 22.7. The van der Waals surface area contributed by atoms with Crippen molar-refractivity contribution in [2.45, 2.75) is 26.4 Å². The predicted octanol–water partition coefficient (Wildman–Crippen LogP) is 0.501. The van der Waals surface area contributed by atoms with Crippen molar-refractivity contribution >= 4 is 11.9 Å². The Balaban J connectivity index is 2.09. The van der Waals surface area contributed by atoms with Gasteiger partial charge in [0.1, 0.15) is 0 Å². The highest BCUT2D eigenvalue weighted by atomic mass is 16.6. The van der Waals surface area contributed by atoms with Crippen LogP contribution in [0.15, 0.2) is 0 Å². The van der Waals surface area contributed by atoms with E-state index >= 15 is 0 Å². The summed E-state index contributed by atoms with van der Waals surface area (Å²) in [6.07, 6.45) is 0.439. The highest BCUT2D eigenvalue weighted by Gasteiger charge is 2.72. The molecule has 4 heteroatoms. The number of esters is 2. The number of carbonyl (C=O) groups excluding carboxylic acids is 2. The van der Waals surface area contributed by atoms with Crippen LogP contribution in [0, 0.1) is 11.3 Å². The van der Waals surface area contributed by atoms with E-state index in [1.807, 2.05) is 0 Å². The molecule has 0 radical (unpaired) electrons. The summed E-state index contributed by atoms with van der Waals surface area (Å²) < 4.78 is 9.79. The molecule has 4 nitrogen and oxygen atoms in total. The molecule has 13 heavy (non-hydrogen) atoms. The molecule has 0 aromatic rings. The fraction of sp³-hybridized carbons (Fsp3) is 0.778. The lowest BCUT2D eigenvalue weighted by Crippen LogP contribution is -2.29. The molecule has 0 N–H and O–H groups in total. The lowest BCUT2D eigenvalue weighted by atomic mass is 10.1. The molecular weight excluding hydrogens is 172 g/mol. The number of carbonyl (C=O) groups is 2. The van der Waals surface area contributed by atoms with E-state index in [4.69, 9.17) is 9.47 Å². The van der Waals surface area contributed by atoms with Gasteiger partial charge in [-0.1, -0.05) is 0 Å². The van der Waals surface area contributed by atoms with Crippen LogP contribution < -0.4 is 0 Å². The Labute approximate surface area is 76.2 Å². The molecular formula is C9H12O4. The first-order valence-corrected chi connectivity index (χ1v) is 4.45. The van der Waals surface area contributed by atoms with E-state index < -0.39 is 17.4 Å². The van der Waals surface area contributed by atoms with Gasteiger partial charge in [-0.2, -0.15) is 0 Å². The normalized spacial score (nSPS) is 35.6. The van der Waals surface area contributed by atoms with Crippen LogP contribution >= 0.6 is 0 Å². The molecule has 1 heterocycles. The minimum Gasteiger partial charge on any atom is -0.464 e. The van der Waals surface area contributed by atoms with Gasteiger partial charge in [-0.3, -0.25) is 9.59 Å². The summed E-state index contributed by atoms with van der Waals surface area (Å²) in [7, 11) is 0. The number of ether oxygens (including phenoxy) is 2. The van der Waals surface area contributed by atoms with Crippen LogP contribution in [0.25, 0.3) is 0 Å². The lowest BCUT2D eigenvalue weighted by molar-refractivity contribution is -0.162. The van der Waals surface area contributed by atoms with E-state index in [2.05, 4.69) is 0 Å². The predicted molar refractivity (Wildman–Crippen MR) is 42.7 cm³/mol. The van der Waals surface area contributed by atoms with Crippen LogP contribution in [0.3, 0.4) is 0 Å². The maximum atomic E-state index is 11.5. The molecule has 1 saturated heterocycles. The number of hydrogen-bond donors (Lipinski definition) is 0. The van der Waals surface area contributed by atoms with Gasteiger partial charge in [0.2, 0.25) is 0 Å². The van der Waals surface area contributed by atoms with Crippen molar-refractivity contribution < 1.29 is 19.1 Å². The summed E-state index contributed by atoms with van der Waals surface area (Å²) >= 11 is 0. The molecule has 2 aliphatic rings. The third-order valence-electron chi connectivity index (χ3n) is 2.59. The summed E-state index contributed by atoms with van der Waals surface area (Å²) in [6.45, 7) is 3.92. The van der Waals surface area contributed by atoms with Crippen LogP contribution in [0.2, 0.25) is 0 Å². The van der Waals surface area contributed by atoms with Gasteiger partial charge in [0.05, 0.1) is 12.7 Å². The minimum atomic E-state index is -0.912.